The van der Waals surface area contributed by atoms with Crippen LogP contribution < -0.4 is 5.73 Å². The van der Waals surface area contributed by atoms with Crippen LogP contribution in [-0.4, -0.2) is 5.91 Å². The number of carbonyl (C=O) groups is 1. The molecule has 2 heteroatoms. The molecule has 0 aliphatic carbocycles. The molecule has 0 bridgehead atoms. The van der Waals surface area contributed by atoms with Gasteiger partial charge in [0.25, 0.3) is 0 Å². The third-order valence-electron chi connectivity index (χ3n) is 1.76. The van der Waals surface area contributed by atoms with Crippen molar-refractivity contribution in [3.63, 3.8) is 0 Å². The van der Waals surface area contributed by atoms with E-state index in [2.05, 4.69) is 0 Å². The summed E-state index contributed by atoms with van der Waals surface area (Å²) >= 11 is 0. The first kappa shape index (κ1) is 9.52. The molecule has 0 atom stereocenters. The highest BCUT2D eigenvalue weighted by Gasteiger charge is 2.02. The Labute approximate surface area is 78.1 Å². The number of amides is 1. The van der Waals surface area contributed by atoms with Crippen LogP contribution in [0.2, 0.25) is 0 Å². The fraction of sp³-hybridized carbons (Fsp3) is 0.182. The van der Waals surface area contributed by atoms with E-state index in [1.165, 1.54) is 0 Å². The van der Waals surface area contributed by atoms with Crippen molar-refractivity contribution in [3.05, 3.63) is 41.5 Å². The van der Waals surface area contributed by atoms with E-state index in [4.69, 9.17) is 5.73 Å². The fourth-order valence-electron chi connectivity index (χ4n) is 1.11. The fourth-order valence-corrected chi connectivity index (χ4v) is 1.11. The van der Waals surface area contributed by atoms with Gasteiger partial charge in [0, 0.05) is 5.56 Å². The number of rotatable bonds is 3. The molecule has 0 fully saturated rings. The summed E-state index contributed by atoms with van der Waals surface area (Å²) in [6.07, 6.45) is 4.87. The second-order valence-electron chi connectivity index (χ2n) is 2.76. The lowest BCUT2D eigenvalue weighted by Crippen LogP contribution is -2.12. The lowest BCUT2D eigenvalue weighted by molar-refractivity contribution is 0.1000. The molecule has 0 saturated carbocycles. The van der Waals surface area contributed by atoms with E-state index in [-0.39, 0.29) is 5.91 Å². The summed E-state index contributed by atoms with van der Waals surface area (Å²) in [4.78, 5) is 11.0. The first-order chi connectivity index (χ1) is 6.25. The normalized spacial score (nSPS) is 10.5. The van der Waals surface area contributed by atoms with Gasteiger partial charge in [0.05, 0.1) is 0 Å². The van der Waals surface area contributed by atoms with E-state index in [1.807, 2.05) is 37.3 Å². The van der Waals surface area contributed by atoms with Gasteiger partial charge in [-0.3, -0.25) is 4.79 Å². The molecular formula is C11H13NO. The minimum atomic E-state index is -0.378. The minimum absolute atomic E-state index is 0.378. The zero-order valence-electron chi connectivity index (χ0n) is 7.66. The zero-order chi connectivity index (χ0) is 9.68. The molecule has 0 radical (unpaired) electrons. The van der Waals surface area contributed by atoms with Gasteiger partial charge in [0.2, 0.25) is 5.91 Å². The van der Waals surface area contributed by atoms with Gasteiger partial charge < -0.3 is 5.73 Å². The number of hydrogen-bond acceptors (Lipinski definition) is 1. The first-order valence-electron chi connectivity index (χ1n) is 4.31. The maximum Gasteiger partial charge on any atom is 0.249 e. The average molecular weight is 175 g/mol. The molecule has 68 valence electrons. The van der Waals surface area contributed by atoms with Crippen LogP contribution in [0.5, 0.6) is 0 Å². The first-order valence-corrected chi connectivity index (χ1v) is 4.31. The minimum Gasteiger partial charge on any atom is -0.366 e. The van der Waals surface area contributed by atoms with Crippen LogP contribution >= 0.6 is 0 Å². The van der Waals surface area contributed by atoms with E-state index in [0.29, 0.717) is 5.56 Å². The average Bonchev–Trinajstić information content (AvgIpc) is 2.15. The predicted molar refractivity (Wildman–Crippen MR) is 54.3 cm³/mol. The molecule has 0 heterocycles. The molecule has 0 aliphatic heterocycles. The summed E-state index contributed by atoms with van der Waals surface area (Å²) in [7, 11) is 0. The van der Waals surface area contributed by atoms with Gasteiger partial charge in [-0.25, -0.2) is 0 Å². The van der Waals surface area contributed by atoms with Crippen molar-refractivity contribution in [2.24, 2.45) is 5.73 Å². The van der Waals surface area contributed by atoms with Crippen molar-refractivity contribution in [2.45, 2.75) is 13.3 Å². The van der Waals surface area contributed by atoms with Crippen LogP contribution in [0.15, 0.2) is 30.3 Å². The smallest absolute Gasteiger partial charge is 0.249 e. The summed E-state index contributed by atoms with van der Waals surface area (Å²) in [6.45, 7) is 2.05. The molecule has 0 unspecified atom stereocenters. The highest BCUT2D eigenvalue weighted by Crippen LogP contribution is 2.09. The molecule has 13 heavy (non-hydrogen) atoms. The second-order valence-corrected chi connectivity index (χ2v) is 2.76. The summed E-state index contributed by atoms with van der Waals surface area (Å²) in [6, 6.07) is 7.31. The number of carbonyl (C=O) groups excluding carboxylic acids is 1. The van der Waals surface area contributed by atoms with Gasteiger partial charge in [0.15, 0.2) is 0 Å². The van der Waals surface area contributed by atoms with E-state index in [1.54, 1.807) is 6.07 Å². The number of primary amides is 1. The predicted octanol–water partition coefficient (Wildman–Crippen LogP) is 2.21. The summed E-state index contributed by atoms with van der Waals surface area (Å²) in [5.74, 6) is -0.378. The van der Waals surface area contributed by atoms with Gasteiger partial charge in [-0.05, 0) is 18.1 Å². The molecule has 0 aromatic heterocycles. The molecule has 1 rings (SSSR count). The SMILES string of the molecule is CC/C=C/c1ccccc1C(N)=O. The number of nitrogens with two attached hydrogens (primary N) is 1. The number of allylic oxidation sites excluding steroid dienone is 1. The van der Waals surface area contributed by atoms with Crippen molar-refractivity contribution < 1.29 is 4.79 Å². The van der Waals surface area contributed by atoms with E-state index >= 15 is 0 Å². The Morgan fingerprint density at radius 1 is 1.46 bits per heavy atom. The van der Waals surface area contributed by atoms with Crippen molar-refractivity contribution in [1.29, 1.82) is 0 Å². The molecular weight excluding hydrogens is 162 g/mol. The standard InChI is InChI=1S/C11H13NO/c1-2-3-6-9-7-4-5-8-10(9)11(12)13/h3-8H,2H2,1H3,(H2,12,13)/b6-3+. The summed E-state index contributed by atoms with van der Waals surface area (Å²) in [5, 5.41) is 0. The van der Waals surface area contributed by atoms with Gasteiger partial charge in [0.1, 0.15) is 0 Å². The lowest BCUT2D eigenvalue weighted by Gasteiger charge is -1.99. The molecule has 0 aliphatic rings. The second kappa shape index (κ2) is 4.45. The van der Waals surface area contributed by atoms with Crippen LogP contribution in [0, 0.1) is 0 Å². The molecule has 0 saturated heterocycles. The molecule has 1 aromatic rings. The van der Waals surface area contributed by atoms with Crippen LogP contribution in [0.1, 0.15) is 29.3 Å². The quantitative estimate of drug-likeness (QED) is 0.752. The van der Waals surface area contributed by atoms with Crippen LogP contribution in [0.3, 0.4) is 0 Å². The lowest BCUT2D eigenvalue weighted by atomic mass is 10.1. The summed E-state index contributed by atoms with van der Waals surface area (Å²) < 4.78 is 0. The Morgan fingerprint density at radius 2 is 2.15 bits per heavy atom. The maximum absolute atomic E-state index is 11.0. The van der Waals surface area contributed by atoms with Crippen molar-refractivity contribution in [2.75, 3.05) is 0 Å². The molecule has 0 spiro atoms. The Morgan fingerprint density at radius 3 is 2.77 bits per heavy atom. The van der Waals surface area contributed by atoms with E-state index < -0.39 is 0 Å². The topological polar surface area (TPSA) is 43.1 Å². The highest BCUT2D eigenvalue weighted by molar-refractivity contribution is 5.96. The van der Waals surface area contributed by atoms with E-state index in [0.717, 1.165) is 12.0 Å². The Bertz CT molecular complexity index is 329. The van der Waals surface area contributed by atoms with Crippen molar-refractivity contribution >= 4 is 12.0 Å². The Balaban J connectivity index is 3.05. The van der Waals surface area contributed by atoms with Crippen LogP contribution in [-0.2, 0) is 0 Å². The number of benzene rings is 1. The van der Waals surface area contributed by atoms with Gasteiger partial charge >= 0.3 is 0 Å². The molecule has 2 nitrogen and oxygen atoms in total. The van der Waals surface area contributed by atoms with Gasteiger partial charge in [-0.2, -0.15) is 0 Å². The highest BCUT2D eigenvalue weighted by atomic mass is 16.1. The third kappa shape index (κ3) is 2.44. The van der Waals surface area contributed by atoms with E-state index in [9.17, 15) is 4.79 Å². The summed E-state index contributed by atoms with van der Waals surface area (Å²) in [5.41, 5.74) is 6.68. The van der Waals surface area contributed by atoms with Gasteiger partial charge in [-0.1, -0.05) is 37.3 Å². The van der Waals surface area contributed by atoms with Crippen LogP contribution in [0.4, 0.5) is 0 Å². The molecule has 1 amide bonds. The molecule has 1 aromatic carbocycles. The third-order valence-corrected chi connectivity index (χ3v) is 1.76. The monoisotopic (exact) mass is 175 g/mol. The Kier molecular flexibility index (Phi) is 3.26. The zero-order valence-corrected chi connectivity index (χ0v) is 7.66. The molecule has 2 N–H and O–H groups in total. The number of hydrogen-bond donors (Lipinski definition) is 1. The maximum atomic E-state index is 11.0. The van der Waals surface area contributed by atoms with Crippen molar-refractivity contribution in [1.82, 2.24) is 0 Å². The van der Waals surface area contributed by atoms with Gasteiger partial charge in [-0.15, -0.1) is 0 Å². The Hall–Kier alpha value is -1.57. The largest absolute Gasteiger partial charge is 0.366 e. The van der Waals surface area contributed by atoms with Crippen molar-refractivity contribution in [3.8, 4) is 0 Å². The van der Waals surface area contributed by atoms with Crippen LogP contribution in [0.25, 0.3) is 6.08 Å².